The third-order valence-electron chi connectivity index (χ3n) is 5.31. The summed E-state index contributed by atoms with van der Waals surface area (Å²) in [6.07, 6.45) is 2.14. The van der Waals surface area contributed by atoms with Gasteiger partial charge in [0.15, 0.2) is 0 Å². The number of nitrogens with one attached hydrogen (secondary N) is 4. The van der Waals surface area contributed by atoms with Crippen molar-refractivity contribution in [1.29, 1.82) is 0 Å². The van der Waals surface area contributed by atoms with Crippen molar-refractivity contribution >= 4 is 34.3 Å². The molecule has 6 N–H and O–H groups in total. The summed E-state index contributed by atoms with van der Waals surface area (Å²) in [7, 11) is 0. The van der Waals surface area contributed by atoms with Crippen molar-refractivity contribution in [2.75, 3.05) is 25.0 Å². The summed E-state index contributed by atoms with van der Waals surface area (Å²) in [5.74, 6) is -0.570. The second-order valence-electron chi connectivity index (χ2n) is 7.57. The first-order valence-corrected chi connectivity index (χ1v) is 10.2. The van der Waals surface area contributed by atoms with Gasteiger partial charge in [-0.3, -0.25) is 14.4 Å². The van der Waals surface area contributed by atoms with Crippen molar-refractivity contribution in [3.8, 4) is 0 Å². The largest absolute Gasteiger partial charge is 0.351 e. The SMILES string of the molecule is CC1CNC(=O)c2[nH]c3ccc(C(=O)Nc4ccc(C(=O)NCCCN)nc4)cc3c21. The van der Waals surface area contributed by atoms with Crippen molar-refractivity contribution in [3.63, 3.8) is 0 Å². The highest BCUT2D eigenvalue weighted by atomic mass is 16.2. The molecule has 1 unspecified atom stereocenters. The van der Waals surface area contributed by atoms with Crippen molar-refractivity contribution in [3.05, 3.63) is 59.0 Å². The number of H-pyrrole nitrogens is 1. The lowest BCUT2D eigenvalue weighted by Crippen LogP contribution is -2.33. The maximum atomic E-state index is 12.8. The quantitative estimate of drug-likeness (QED) is 0.386. The predicted molar refractivity (Wildman–Crippen MR) is 117 cm³/mol. The van der Waals surface area contributed by atoms with Gasteiger partial charge in [-0.25, -0.2) is 4.98 Å². The highest BCUT2D eigenvalue weighted by molar-refractivity contribution is 6.08. The lowest BCUT2D eigenvalue weighted by atomic mass is 9.93. The van der Waals surface area contributed by atoms with Crippen molar-refractivity contribution < 1.29 is 14.4 Å². The second-order valence-corrected chi connectivity index (χ2v) is 7.57. The van der Waals surface area contributed by atoms with Crippen molar-refractivity contribution in [1.82, 2.24) is 20.6 Å². The summed E-state index contributed by atoms with van der Waals surface area (Å²) in [4.78, 5) is 44.2. The molecular formula is C22H24N6O3. The summed E-state index contributed by atoms with van der Waals surface area (Å²) < 4.78 is 0. The van der Waals surface area contributed by atoms with E-state index >= 15 is 0 Å². The average molecular weight is 420 g/mol. The zero-order valence-electron chi connectivity index (χ0n) is 17.1. The van der Waals surface area contributed by atoms with Crippen LogP contribution in [0.1, 0.15) is 56.2 Å². The van der Waals surface area contributed by atoms with Gasteiger partial charge in [-0.1, -0.05) is 6.92 Å². The Bertz CT molecular complexity index is 1150. The van der Waals surface area contributed by atoms with Gasteiger partial charge in [0.05, 0.1) is 11.9 Å². The number of aromatic nitrogens is 2. The molecule has 0 bridgehead atoms. The van der Waals surface area contributed by atoms with E-state index in [0.717, 1.165) is 16.5 Å². The normalized spacial score (nSPS) is 15.3. The number of pyridine rings is 1. The minimum atomic E-state index is -0.299. The molecule has 1 aromatic carbocycles. The van der Waals surface area contributed by atoms with Crippen LogP contribution in [-0.2, 0) is 0 Å². The number of nitrogens with zero attached hydrogens (tertiary/aromatic N) is 1. The number of hydrogen-bond acceptors (Lipinski definition) is 5. The number of anilines is 1. The van der Waals surface area contributed by atoms with Crippen LogP contribution in [0.3, 0.4) is 0 Å². The molecule has 3 heterocycles. The van der Waals surface area contributed by atoms with Gasteiger partial charge >= 0.3 is 0 Å². The van der Waals surface area contributed by atoms with Gasteiger partial charge in [0.1, 0.15) is 11.4 Å². The molecule has 3 aromatic rings. The molecule has 9 heteroatoms. The van der Waals surface area contributed by atoms with E-state index in [-0.39, 0.29) is 29.3 Å². The molecule has 160 valence electrons. The summed E-state index contributed by atoms with van der Waals surface area (Å²) >= 11 is 0. The van der Waals surface area contributed by atoms with Gasteiger partial charge in [0.25, 0.3) is 17.7 Å². The molecule has 0 fully saturated rings. The summed E-state index contributed by atoms with van der Waals surface area (Å²) in [6.45, 7) is 3.59. The number of carbonyl (C=O) groups excluding carboxylic acids is 3. The zero-order valence-corrected chi connectivity index (χ0v) is 17.1. The van der Waals surface area contributed by atoms with E-state index < -0.39 is 0 Å². The summed E-state index contributed by atoms with van der Waals surface area (Å²) in [6, 6.07) is 8.48. The third kappa shape index (κ3) is 4.13. The van der Waals surface area contributed by atoms with Crippen LogP contribution in [0.15, 0.2) is 36.5 Å². The Balaban J connectivity index is 1.50. The van der Waals surface area contributed by atoms with Crippen molar-refractivity contribution in [2.45, 2.75) is 19.3 Å². The Morgan fingerprint density at radius 2 is 2.06 bits per heavy atom. The molecule has 0 spiro atoms. The van der Waals surface area contributed by atoms with Crippen LogP contribution in [0.25, 0.3) is 10.9 Å². The fourth-order valence-corrected chi connectivity index (χ4v) is 3.68. The Hall–Kier alpha value is -3.72. The molecule has 0 saturated carbocycles. The van der Waals surface area contributed by atoms with E-state index in [9.17, 15) is 14.4 Å². The minimum Gasteiger partial charge on any atom is -0.351 e. The van der Waals surface area contributed by atoms with Crippen molar-refractivity contribution in [2.24, 2.45) is 5.73 Å². The zero-order chi connectivity index (χ0) is 22.0. The van der Waals surface area contributed by atoms with E-state index in [1.165, 1.54) is 6.20 Å². The smallest absolute Gasteiger partial charge is 0.269 e. The Morgan fingerprint density at radius 1 is 1.23 bits per heavy atom. The van der Waals surface area contributed by atoms with Gasteiger partial charge in [0.2, 0.25) is 0 Å². The van der Waals surface area contributed by atoms with Gasteiger partial charge in [-0.05, 0) is 48.9 Å². The Labute approximate surface area is 178 Å². The van der Waals surface area contributed by atoms with Crippen LogP contribution in [0, 0.1) is 0 Å². The molecule has 31 heavy (non-hydrogen) atoms. The van der Waals surface area contributed by atoms with Gasteiger partial charge in [-0.2, -0.15) is 0 Å². The molecule has 3 amide bonds. The average Bonchev–Trinajstić information content (AvgIpc) is 3.17. The van der Waals surface area contributed by atoms with E-state index in [0.29, 0.717) is 43.0 Å². The van der Waals surface area contributed by atoms with Crippen LogP contribution in [0.2, 0.25) is 0 Å². The number of carbonyl (C=O) groups is 3. The molecule has 9 nitrogen and oxygen atoms in total. The topological polar surface area (TPSA) is 142 Å². The lowest BCUT2D eigenvalue weighted by molar-refractivity contribution is 0.0933. The highest BCUT2D eigenvalue weighted by Crippen LogP contribution is 2.32. The van der Waals surface area contributed by atoms with Crippen LogP contribution in [0.4, 0.5) is 5.69 Å². The van der Waals surface area contributed by atoms with E-state index in [2.05, 4.69) is 25.9 Å². The molecule has 0 radical (unpaired) electrons. The summed E-state index contributed by atoms with van der Waals surface area (Å²) in [5.41, 5.74) is 8.92. The predicted octanol–water partition coefficient (Wildman–Crippen LogP) is 1.74. The molecule has 2 aromatic heterocycles. The maximum Gasteiger partial charge on any atom is 0.269 e. The minimum absolute atomic E-state index is 0.131. The number of nitrogens with two attached hydrogens (primary N) is 1. The number of aromatic amines is 1. The lowest BCUT2D eigenvalue weighted by Gasteiger charge is -2.19. The van der Waals surface area contributed by atoms with E-state index in [4.69, 9.17) is 5.73 Å². The number of rotatable bonds is 6. The first-order chi connectivity index (χ1) is 15.0. The third-order valence-corrected chi connectivity index (χ3v) is 5.31. The molecule has 1 atom stereocenters. The molecule has 1 aliphatic heterocycles. The first-order valence-electron chi connectivity index (χ1n) is 10.2. The van der Waals surface area contributed by atoms with Gasteiger partial charge in [0, 0.05) is 35.5 Å². The van der Waals surface area contributed by atoms with Gasteiger partial charge in [-0.15, -0.1) is 0 Å². The van der Waals surface area contributed by atoms with Crippen LogP contribution in [0.5, 0.6) is 0 Å². The maximum absolute atomic E-state index is 12.8. The Morgan fingerprint density at radius 3 is 2.81 bits per heavy atom. The first kappa shape index (κ1) is 20.5. The molecule has 1 aliphatic rings. The molecule has 0 saturated heterocycles. The standard InChI is InChI=1S/C22H24N6O3/c1-12-10-26-22(31)19-18(12)15-9-13(3-5-16(15)28-19)20(29)27-14-4-6-17(25-11-14)21(30)24-8-2-7-23/h3-6,9,11-12,28H,2,7-8,10,23H2,1H3,(H,24,30)(H,26,31)(H,27,29). The molecular weight excluding hydrogens is 396 g/mol. The Kier molecular flexibility index (Phi) is 5.68. The fourth-order valence-electron chi connectivity index (χ4n) is 3.68. The van der Waals surface area contributed by atoms with Gasteiger partial charge < -0.3 is 26.7 Å². The fraction of sp³-hybridized carbons (Fsp3) is 0.273. The molecule has 0 aliphatic carbocycles. The monoisotopic (exact) mass is 420 g/mol. The second kappa shape index (κ2) is 8.57. The van der Waals surface area contributed by atoms with Crippen LogP contribution < -0.4 is 21.7 Å². The van der Waals surface area contributed by atoms with Crippen LogP contribution >= 0.6 is 0 Å². The van der Waals surface area contributed by atoms with E-state index in [1.54, 1.807) is 30.3 Å². The summed E-state index contributed by atoms with van der Waals surface area (Å²) in [5, 5.41) is 9.25. The number of amides is 3. The van der Waals surface area contributed by atoms with Crippen LogP contribution in [-0.4, -0.2) is 47.3 Å². The van der Waals surface area contributed by atoms with E-state index in [1.807, 2.05) is 6.92 Å². The highest BCUT2D eigenvalue weighted by Gasteiger charge is 2.27. The number of hydrogen-bond donors (Lipinski definition) is 5. The molecule has 4 rings (SSSR count). The number of benzene rings is 1. The number of fused-ring (bicyclic) bond motifs is 3.